The third kappa shape index (κ3) is 5.32. The fourth-order valence-corrected chi connectivity index (χ4v) is 2.53. The smallest absolute Gasteiger partial charge is 0.248 e. The number of halogens is 1. The van der Waals surface area contributed by atoms with Crippen LogP contribution in [0.25, 0.3) is 0 Å². The summed E-state index contributed by atoms with van der Waals surface area (Å²) in [5.74, 6) is -1.62. The van der Waals surface area contributed by atoms with Crippen LogP contribution < -0.4 is 11.1 Å². The number of nitrogens with two attached hydrogens (primary N) is 1. The van der Waals surface area contributed by atoms with Crippen molar-refractivity contribution in [3.05, 3.63) is 66.0 Å². The first kappa shape index (κ1) is 19.5. The number of phenols is 1. The first-order chi connectivity index (χ1) is 12.4. The molecule has 0 heterocycles. The molecule has 0 saturated carbocycles. The maximum absolute atomic E-state index is 13.4. The normalized spacial score (nSPS) is 13.5. The van der Waals surface area contributed by atoms with Crippen LogP contribution in [0.4, 0.5) is 15.8 Å². The quantitative estimate of drug-likeness (QED) is 0.448. The first-order valence-corrected chi connectivity index (χ1v) is 8.37. The molecule has 0 fully saturated rings. The number of carbonyl (C=O) groups is 1. The number of phenolic OH excluding ortho intramolecular Hbond substituents is 1. The van der Waals surface area contributed by atoms with Crippen LogP contribution in [0.3, 0.4) is 0 Å². The summed E-state index contributed by atoms with van der Waals surface area (Å²) in [7, 11) is 0. The first-order valence-electron chi connectivity index (χ1n) is 8.37. The highest BCUT2D eigenvalue weighted by atomic mass is 19.1. The number of benzene rings is 2. The van der Waals surface area contributed by atoms with Crippen molar-refractivity contribution in [2.75, 3.05) is 11.1 Å². The SMILES string of the molecule is C[C@H](CC/C=C/C(=O)Nc1ccccc1N)[C@@H](O)c1ccc(O)c(F)c1. The van der Waals surface area contributed by atoms with Gasteiger partial charge in [-0.2, -0.15) is 0 Å². The second kappa shape index (κ2) is 9.01. The van der Waals surface area contributed by atoms with E-state index in [1.807, 2.05) is 6.92 Å². The summed E-state index contributed by atoms with van der Waals surface area (Å²) in [5.41, 5.74) is 7.22. The number of hydrogen-bond donors (Lipinski definition) is 4. The van der Waals surface area contributed by atoms with Gasteiger partial charge in [-0.1, -0.05) is 31.2 Å². The summed E-state index contributed by atoms with van der Waals surface area (Å²) in [5, 5.41) is 22.2. The van der Waals surface area contributed by atoms with Gasteiger partial charge in [0.05, 0.1) is 17.5 Å². The number of para-hydroxylation sites is 2. The van der Waals surface area contributed by atoms with Gasteiger partial charge in [0.25, 0.3) is 0 Å². The van der Waals surface area contributed by atoms with Gasteiger partial charge in [-0.15, -0.1) is 0 Å². The average molecular weight is 358 g/mol. The number of nitrogen functional groups attached to an aromatic ring is 1. The molecule has 0 aromatic heterocycles. The van der Waals surface area contributed by atoms with Crippen LogP contribution in [0.2, 0.25) is 0 Å². The fourth-order valence-electron chi connectivity index (χ4n) is 2.53. The Hall–Kier alpha value is -2.86. The number of amides is 1. The van der Waals surface area contributed by atoms with Gasteiger partial charge in [-0.3, -0.25) is 4.79 Å². The molecule has 138 valence electrons. The molecule has 2 aromatic carbocycles. The van der Waals surface area contributed by atoms with E-state index in [1.165, 1.54) is 18.2 Å². The molecule has 2 aromatic rings. The summed E-state index contributed by atoms with van der Waals surface area (Å²) >= 11 is 0. The topological polar surface area (TPSA) is 95.6 Å². The van der Waals surface area contributed by atoms with Crippen molar-refractivity contribution >= 4 is 17.3 Å². The summed E-state index contributed by atoms with van der Waals surface area (Å²) in [6.07, 6.45) is 3.48. The van der Waals surface area contributed by atoms with Crippen LogP contribution >= 0.6 is 0 Å². The van der Waals surface area contributed by atoms with Crippen molar-refractivity contribution < 1.29 is 19.4 Å². The molecule has 0 aliphatic rings. The highest BCUT2D eigenvalue weighted by Crippen LogP contribution is 2.28. The van der Waals surface area contributed by atoms with E-state index in [0.29, 0.717) is 29.8 Å². The Bertz CT molecular complexity index is 792. The van der Waals surface area contributed by atoms with E-state index in [0.717, 1.165) is 6.07 Å². The van der Waals surface area contributed by atoms with Gasteiger partial charge >= 0.3 is 0 Å². The van der Waals surface area contributed by atoms with Crippen LogP contribution in [0.1, 0.15) is 31.4 Å². The Morgan fingerprint density at radius 2 is 2.04 bits per heavy atom. The van der Waals surface area contributed by atoms with E-state index in [9.17, 15) is 19.4 Å². The van der Waals surface area contributed by atoms with Crippen molar-refractivity contribution in [2.24, 2.45) is 5.92 Å². The molecule has 2 rings (SSSR count). The summed E-state index contributed by atoms with van der Waals surface area (Å²) in [6, 6.07) is 10.8. The maximum Gasteiger partial charge on any atom is 0.248 e. The predicted octanol–water partition coefficient (Wildman–Crippen LogP) is 3.76. The van der Waals surface area contributed by atoms with Gasteiger partial charge in [-0.05, 0) is 54.7 Å². The van der Waals surface area contributed by atoms with Gasteiger partial charge < -0.3 is 21.3 Å². The Labute approximate surface area is 152 Å². The lowest BCUT2D eigenvalue weighted by Gasteiger charge is -2.18. The fraction of sp³-hybridized carbons (Fsp3) is 0.250. The third-order valence-electron chi connectivity index (χ3n) is 4.13. The van der Waals surface area contributed by atoms with Crippen LogP contribution in [0, 0.1) is 11.7 Å². The zero-order valence-electron chi connectivity index (χ0n) is 14.5. The predicted molar refractivity (Wildman–Crippen MR) is 100 cm³/mol. The molecule has 2 atom stereocenters. The Morgan fingerprint density at radius 1 is 1.31 bits per heavy atom. The number of carbonyl (C=O) groups excluding carboxylic acids is 1. The Morgan fingerprint density at radius 3 is 2.73 bits per heavy atom. The van der Waals surface area contributed by atoms with Crippen LogP contribution in [0.5, 0.6) is 5.75 Å². The molecule has 0 aliphatic heterocycles. The molecule has 26 heavy (non-hydrogen) atoms. The zero-order chi connectivity index (χ0) is 19.1. The van der Waals surface area contributed by atoms with E-state index in [4.69, 9.17) is 5.73 Å². The molecular formula is C20H23FN2O3. The van der Waals surface area contributed by atoms with E-state index in [-0.39, 0.29) is 11.8 Å². The van der Waals surface area contributed by atoms with Gasteiger partial charge in [0.1, 0.15) is 0 Å². The molecule has 6 heteroatoms. The molecule has 0 bridgehead atoms. The molecule has 0 saturated heterocycles. The van der Waals surface area contributed by atoms with Crippen LogP contribution in [0.15, 0.2) is 54.6 Å². The lowest BCUT2D eigenvalue weighted by Crippen LogP contribution is -2.10. The lowest BCUT2D eigenvalue weighted by molar-refractivity contribution is -0.111. The number of aliphatic hydroxyl groups excluding tert-OH is 1. The summed E-state index contributed by atoms with van der Waals surface area (Å²) < 4.78 is 13.4. The molecule has 0 spiro atoms. The van der Waals surface area contributed by atoms with Crippen molar-refractivity contribution in [1.82, 2.24) is 0 Å². The zero-order valence-corrected chi connectivity index (χ0v) is 14.5. The van der Waals surface area contributed by atoms with E-state index in [2.05, 4.69) is 5.32 Å². The van der Waals surface area contributed by atoms with E-state index >= 15 is 0 Å². The van der Waals surface area contributed by atoms with Crippen molar-refractivity contribution in [3.63, 3.8) is 0 Å². The van der Waals surface area contributed by atoms with Gasteiger partial charge in [0.2, 0.25) is 5.91 Å². The minimum Gasteiger partial charge on any atom is -0.505 e. The highest BCUT2D eigenvalue weighted by molar-refractivity contribution is 6.01. The van der Waals surface area contributed by atoms with Crippen molar-refractivity contribution in [3.8, 4) is 5.75 Å². The molecule has 0 aliphatic carbocycles. The van der Waals surface area contributed by atoms with Crippen LogP contribution in [-0.4, -0.2) is 16.1 Å². The van der Waals surface area contributed by atoms with Crippen molar-refractivity contribution in [1.29, 1.82) is 0 Å². The van der Waals surface area contributed by atoms with Crippen LogP contribution in [-0.2, 0) is 4.79 Å². The number of hydrogen-bond acceptors (Lipinski definition) is 4. The maximum atomic E-state index is 13.4. The minimum absolute atomic E-state index is 0.142. The number of allylic oxidation sites excluding steroid dienone is 1. The third-order valence-corrected chi connectivity index (χ3v) is 4.13. The van der Waals surface area contributed by atoms with Gasteiger partial charge in [0, 0.05) is 0 Å². The summed E-state index contributed by atoms with van der Waals surface area (Å²) in [6.45, 7) is 1.84. The molecule has 1 amide bonds. The molecule has 5 N–H and O–H groups in total. The van der Waals surface area contributed by atoms with E-state index in [1.54, 1.807) is 30.3 Å². The van der Waals surface area contributed by atoms with Gasteiger partial charge in [-0.25, -0.2) is 4.39 Å². The Kier molecular flexibility index (Phi) is 6.74. The van der Waals surface area contributed by atoms with Gasteiger partial charge in [0.15, 0.2) is 11.6 Å². The largest absolute Gasteiger partial charge is 0.505 e. The number of nitrogens with one attached hydrogen (secondary N) is 1. The second-order valence-corrected chi connectivity index (χ2v) is 6.19. The number of aromatic hydroxyl groups is 1. The molecule has 5 nitrogen and oxygen atoms in total. The number of aliphatic hydroxyl groups is 1. The Balaban J connectivity index is 1.82. The summed E-state index contributed by atoms with van der Waals surface area (Å²) in [4.78, 5) is 11.9. The second-order valence-electron chi connectivity index (χ2n) is 6.19. The number of rotatable bonds is 7. The van der Waals surface area contributed by atoms with E-state index < -0.39 is 17.7 Å². The molecule has 0 unspecified atom stereocenters. The standard InChI is InChI=1S/C20H23FN2O3/c1-13(20(26)14-10-11-18(24)15(21)12-14)6-2-5-9-19(25)23-17-8-4-3-7-16(17)22/h3-5,7-13,20,24,26H,2,6,22H2,1H3,(H,23,25)/b9-5+/t13-,20-/m1/s1. The van der Waals surface area contributed by atoms with Crippen molar-refractivity contribution in [2.45, 2.75) is 25.9 Å². The molecule has 0 radical (unpaired) electrons. The lowest BCUT2D eigenvalue weighted by atomic mass is 9.93. The minimum atomic E-state index is -0.851. The molecular weight excluding hydrogens is 335 g/mol. The average Bonchev–Trinajstić information content (AvgIpc) is 2.62. The number of anilines is 2. The highest BCUT2D eigenvalue weighted by Gasteiger charge is 2.17. The monoisotopic (exact) mass is 358 g/mol.